The molecular formula is C9H17NO3S. The van der Waals surface area contributed by atoms with Gasteiger partial charge < -0.3 is 9.47 Å². The van der Waals surface area contributed by atoms with Crippen LogP contribution in [-0.2, 0) is 14.3 Å². The van der Waals surface area contributed by atoms with Gasteiger partial charge in [-0.05, 0) is 20.1 Å². The zero-order chi connectivity index (χ0) is 10.6. The molecule has 1 unspecified atom stereocenters. The van der Waals surface area contributed by atoms with Gasteiger partial charge in [0, 0.05) is 13.1 Å². The van der Waals surface area contributed by atoms with Crippen LogP contribution >= 0.6 is 11.9 Å². The third kappa shape index (κ3) is 2.87. The molecule has 14 heavy (non-hydrogen) atoms. The Morgan fingerprint density at radius 3 is 2.93 bits per heavy atom. The van der Waals surface area contributed by atoms with E-state index >= 15 is 0 Å². The molecule has 1 aliphatic rings. The maximum Gasteiger partial charge on any atom is 0.293 e. The molecular weight excluding hydrogens is 202 g/mol. The molecule has 0 bridgehead atoms. The second kappa shape index (κ2) is 5.00. The molecule has 1 atom stereocenters. The van der Waals surface area contributed by atoms with Crippen molar-refractivity contribution >= 4 is 18.4 Å². The van der Waals surface area contributed by atoms with Crippen molar-refractivity contribution in [1.82, 2.24) is 4.31 Å². The first-order valence-corrected chi connectivity index (χ1v) is 5.80. The summed E-state index contributed by atoms with van der Waals surface area (Å²) in [6.45, 7) is 6.64. The molecule has 0 amide bonds. The molecule has 0 aromatic carbocycles. The van der Waals surface area contributed by atoms with Gasteiger partial charge in [0.05, 0.1) is 6.61 Å². The van der Waals surface area contributed by atoms with Crippen molar-refractivity contribution in [2.24, 2.45) is 0 Å². The lowest BCUT2D eigenvalue weighted by Crippen LogP contribution is -2.51. The van der Waals surface area contributed by atoms with E-state index in [1.165, 1.54) is 0 Å². The highest BCUT2D eigenvalue weighted by Gasteiger charge is 2.35. The molecule has 4 nitrogen and oxygen atoms in total. The van der Waals surface area contributed by atoms with Crippen molar-refractivity contribution in [3.63, 3.8) is 0 Å². The molecule has 1 aliphatic heterocycles. The fourth-order valence-corrected chi connectivity index (χ4v) is 1.95. The molecule has 0 radical (unpaired) electrons. The second-order valence-corrected chi connectivity index (χ2v) is 4.63. The number of hydrogen-bond acceptors (Lipinski definition) is 5. The second-order valence-electron chi connectivity index (χ2n) is 3.75. The van der Waals surface area contributed by atoms with E-state index in [4.69, 9.17) is 9.47 Å². The summed E-state index contributed by atoms with van der Waals surface area (Å²) in [4.78, 5) is 10.3. The first kappa shape index (κ1) is 11.8. The minimum Gasteiger partial charge on any atom is -0.459 e. The number of morpholine rings is 1. The average Bonchev–Trinajstić information content (AvgIpc) is 2.18. The smallest absolute Gasteiger partial charge is 0.293 e. The Hall–Kier alpha value is -0.260. The van der Waals surface area contributed by atoms with Gasteiger partial charge in [-0.15, -0.1) is 0 Å². The zero-order valence-corrected chi connectivity index (χ0v) is 9.67. The third-order valence-corrected chi connectivity index (χ3v) is 3.26. The Kier molecular flexibility index (Phi) is 4.22. The van der Waals surface area contributed by atoms with Crippen LogP contribution in [0.1, 0.15) is 13.8 Å². The van der Waals surface area contributed by atoms with Crippen LogP contribution in [0.25, 0.3) is 0 Å². The minimum absolute atomic E-state index is 0.0473. The number of hydrogen-bond donors (Lipinski definition) is 0. The molecule has 1 heterocycles. The Balaban J connectivity index is 2.53. The van der Waals surface area contributed by atoms with Gasteiger partial charge in [0.2, 0.25) is 0 Å². The minimum atomic E-state index is -0.545. The highest BCUT2D eigenvalue weighted by atomic mass is 32.2. The summed E-state index contributed by atoms with van der Waals surface area (Å²) in [5, 5.41) is 0. The average molecular weight is 219 g/mol. The van der Waals surface area contributed by atoms with E-state index in [9.17, 15) is 4.79 Å². The lowest BCUT2D eigenvalue weighted by atomic mass is 10.0. The summed E-state index contributed by atoms with van der Waals surface area (Å²) in [5.74, 6) is 0. The quantitative estimate of drug-likeness (QED) is 0.519. The maximum absolute atomic E-state index is 10.3. The molecule has 0 saturated carbocycles. The van der Waals surface area contributed by atoms with Crippen molar-refractivity contribution < 1.29 is 14.3 Å². The lowest BCUT2D eigenvalue weighted by Gasteiger charge is -2.38. The summed E-state index contributed by atoms with van der Waals surface area (Å²) >= 11 is 1.69. The van der Waals surface area contributed by atoms with Crippen LogP contribution in [-0.4, -0.2) is 48.4 Å². The van der Waals surface area contributed by atoms with E-state index in [2.05, 4.69) is 4.31 Å². The maximum atomic E-state index is 10.3. The number of carbonyl (C=O) groups excluding carboxylic acids is 1. The van der Waals surface area contributed by atoms with Gasteiger partial charge in [-0.25, -0.2) is 4.31 Å². The predicted octanol–water partition coefficient (Wildman–Crippen LogP) is 0.917. The SMILES string of the molecule is CSN1CCOC(C(C)(C)OC=O)C1. The Morgan fingerprint density at radius 1 is 1.64 bits per heavy atom. The largest absolute Gasteiger partial charge is 0.459 e. The monoisotopic (exact) mass is 219 g/mol. The van der Waals surface area contributed by atoms with Crippen LogP contribution in [0, 0.1) is 0 Å². The summed E-state index contributed by atoms with van der Waals surface area (Å²) in [6, 6.07) is 0. The summed E-state index contributed by atoms with van der Waals surface area (Å²) in [6.07, 6.45) is 1.99. The Morgan fingerprint density at radius 2 is 2.36 bits per heavy atom. The number of ether oxygens (including phenoxy) is 2. The molecule has 0 N–H and O–H groups in total. The van der Waals surface area contributed by atoms with Gasteiger partial charge >= 0.3 is 0 Å². The van der Waals surface area contributed by atoms with Crippen LogP contribution in [0.3, 0.4) is 0 Å². The van der Waals surface area contributed by atoms with Crippen molar-refractivity contribution in [1.29, 1.82) is 0 Å². The van der Waals surface area contributed by atoms with E-state index in [1.54, 1.807) is 11.9 Å². The van der Waals surface area contributed by atoms with Gasteiger partial charge in [0.1, 0.15) is 11.7 Å². The normalized spacial score (nSPS) is 24.6. The standard InChI is InChI=1S/C9H17NO3S/c1-9(2,13-7-11)8-6-10(14-3)4-5-12-8/h7-8H,4-6H2,1-3H3. The fourth-order valence-electron chi connectivity index (χ4n) is 1.41. The Bertz CT molecular complexity index is 198. The summed E-state index contributed by atoms with van der Waals surface area (Å²) in [5.41, 5.74) is -0.545. The highest BCUT2D eigenvalue weighted by Crippen LogP contribution is 2.23. The van der Waals surface area contributed by atoms with Gasteiger partial charge in [-0.1, -0.05) is 11.9 Å². The highest BCUT2D eigenvalue weighted by molar-refractivity contribution is 7.96. The van der Waals surface area contributed by atoms with Crippen molar-refractivity contribution in [3.05, 3.63) is 0 Å². The van der Waals surface area contributed by atoms with Crippen molar-refractivity contribution in [2.75, 3.05) is 26.0 Å². The number of nitrogens with zero attached hydrogens (tertiary/aromatic N) is 1. The lowest BCUT2D eigenvalue weighted by molar-refractivity contribution is -0.163. The van der Waals surface area contributed by atoms with Gasteiger partial charge in [-0.3, -0.25) is 4.79 Å². The first-order chi connectivity index (χ1) is 6.60. The fraction of sp³-hybridized carbons (Fsp3) is 0.889. The van der Waals surface area contributed by atoms with Crippen molar-refractivity contribution in [3.8, 4) is 0 Å². The molecule has 82 valence electrons. The van der Waals surface area contributed by atoms with E-state index < -0.39 is 5.60 Å². The number of carbonyl (C=O) groups is 1. The van der Waals surface area contributed by atoms with Gasteiger partial charge in [0.25, 0.3) is 6.47 Å². The van der Waals surface area contributed by atoms with Gasteiger partial charge in [0.15, 0.2) is 0 Å². The molecule has 0 aromatic rings. The first-order valence-electron chi connectivity index (χ1n) is 4.62. The van der Waals surface area contributed by atoms with Crippen LogP contribution in [0.15, 0.2) is 0 Å². The van der Waals surface area contributed by atoms with Crippen molar-refractivity contribution in [2.45, 2.75) is 25.6 Å². The number of rotatable bonds is 4. The zero-order valence-electron chi connectivity index (χ0n) is 8.86. The molecule has 0 aliphatic carbocycles. The van der Waals surface area contributed by atoms with E-state index in [0.29, 0.717) is 13.1 Å². The topological polar surface area (TPSA) is 38.8 Å². The van der Waals surface area contributed by atoms with E-state index in [0.717, 1.165) is 13.1 Å². The predicted molar refractivity (Wildman–Crippen MR) is 56.1 cm³/mol. The molecule has 1 saturated heterocycles. The van der Waals surface area contributed by atoms with E-state index in [-0.39, 0.29) is 6.10 Å². The third-order valence-electron chi connectivity index (χ3n) is 2.41. The summed E-state index contributed by atoms with van der Waals surface area (Å²) in [7, 11) is 0. The van der Waals surface area contributed by atoms with Gasteiger partial charge in [-0.2, -0.15) is 0 Å². The molecule has 1 fully saturated rings. The Labute approximate surface area is 89.1 Å². The molecule has 0 spiro atoms. The van der Waals surface area contributed by atoms with Crippen LogP contribution in [0.2, 0.25) is 0 Å². The van der Waals surface area contributed by atoms with Crippen LogP contribution in [0.5, 0.6) is 0 Å². The van der Waals surface area contributed by atoms with Crippen LogP contribution < -0.4 is 0 Å². The van der Waals surface area contributed by atoms with Crippen LogP contribution in [0.4, 0.5) is 0 Å². The molecule has 5 heteroatoms. The summed E-state index contributed by atoms with van der Waals surface area (Å²) < 4.78 is 12.8. The molecule has 1 rings (SSSR count). The molecule has 0 aromatic heterocycles. The van der Waals surface area contributed by atoms with E-state index in [1.807, 2.05) is 20.1 Å².